The summed E-state index contributed by atoms with van der Waals surface area (Å²) in [6.07, 6.45) is -2.76. The van der Waals surface area contributed by atoms with Gasteiger partial charge in [-0.1, -0.05) is 0 Å². The normalized spacial score (nSPS) is 11.1. The Kier molecular flexibility index (Phi) is 9.21. The summed E-state index contributed by atoms with van der Waals surface area (Å²) < 4.78 is 59.5. The summed E-state index contributed by atoms with van der Waals surface area (Å²) in [6.45, 7) is -0.464. The van der Waals surface area contributed by atoms with Crippen LogP contribution in [0.1, 0.15) is 15.9 Å². The number of carbonyl (C=O) groups is 2. The molecule has 0 fully saturated rings. The number of hydrogen-bond acceptors (Lipinski definition) is 7. The first-order valence-corrected chi connectivity index (χ1v) is 10.4. The topological polar surface area (TPSA) is 83.1 Å². The predicted molar refractivity (Wildman–Crippen MR) is 113 cm³/mol. The van der Waals surface area contributed by atoms with E-state index in [1.54, 1.807) is 12.1 Å². The lowest BCUT2D eigenvalue weighted by atomic mass is 10.1. The molecule has 0 radical (unpaired) electrons. The van der Waals surface area contributed by atoms with Crippen molar-refractivity contribution in [3.05, 3.63) is 47.5 Å². The molecular weight excluding hydrogens is 451 g/mol. The van der Waals surface area contributed by atoms with Crippen LogP contribution in [0.15, 0.2) is 41.3 Å². The van der Waals surface area contributed by atoms with Crippen molar-refractivity contribution in [2.24, 2.45) is 0 Å². The third-order valence-electron chi connectivity index (χ3n) is 4.09. The maximum Gasteiger partial charge on any atom is 0.416 e. The van der Waals surface area contributed by atoms with Gasteiger partial charge in [0, 0.05) is 12.0 Å². The zero-order chi connectivity index (χ0) is 23.7. The number of rotatable bonds is 10. The molecule has 0 aliphatic rings. The number of ether oxygens (including phenoxy) is 4. The second kappa shape index (κ2) is 11.6. The highest BCUT2D eigenvalue weighted by Gasteiger charge is 2.31. The molecule has 0 bridgehead atoms. The van der Waals surface area contributed by atoms with E-state index in [9.17, 15) is 22.8 Å². The summed E-state index contributed by atoms with van der Waals surface area (Å²) in [7, 11) is 2.83. The minimum Gasteiger partial charge on any atom is -0.496 e. The first kappa shape index (κ1) is 25.3. The van der Waals surface area contributed by atoms with Crippen LogP contribution in [0.25, 0.3) is 0 Å². The Hall–Kier alpha value is -2.92. The lowest BCUT2D eigenvalue weighted by molar-refractivity contribution is -0.137. The summed E-state index contributed by atoms with van der Waals surface area (Å²) in [4.78, 5) is 25.5. The summed E-state index contributed by atoms with van der Waals surface area (Å²) in [5, 5.41) is 2.29. The molecule has 2 aromatic carbocycles. The number of alkyl halides is 3. The number of nitrogens with one attached hydrogen (secondary N) is 1. The summed E-state index contributed by atoms with van der Waals surface area (Å²) >= 11 is 1.45. The van der Waals surface area contributed by atoms with Gasteiger partial charge < -0.3 is 24.3 Å². The van der Waals surface area contributed by atoms with Crippen molar-refractivity contribution in [1.29, 1.82) is 0 Å². The Labute approximate surface area is 187 Å². The average Bonchev–Trinajstić information content (AvgIpc) is 2.77. The Bertz CT molecular complexity index is 952. The fraction of sp³-hybridized carbons (Fsp3) is 0.333. The Morgan fingerprint density at radius 1 is 1.03 bits per heavy atom. The molecular formula is C21H22F3NO6S. The minimum absolute atomic E-state index is 0.0176. The Balaban J connectivity index is 2.10. The van der Waals surface area contributed by atoms with Crippen molar-refractivity contribution in [2.45, 2.75) is 11.1 Å². The number of halogens is 3. The number of benzene rings is 2. The summed E-state index contributed by atoms with van der Waals surface area (Å²) in [5.41, 5.74) is -1.07. The molecule has 0 aliphatic carbocycles. The van der Waals surface area contributed by atoms with Crippen LogP contribution in [0.5, 0.6) is 11.5 Å². The van der Waals surface area contributed by atoms with Crippen LogP contribution in [0, 0.1) is 0 Å². The van der Waals surface area contributed by atoms with Crippen LogP contribution < -0.4 is 14.8 Å². The molecule has 174 valence electrons. The van der Waals surface area contributed by atoms with Gasteiger partial charge in [-0.3, -0.25) is 4.79 Å². The lowest BCUT2D eigenvalue weighted by Gasteiger charge is -2.15. The van der Waals surface area contributed by atoms with E-state index in [-0.39, 0.29) is 36.0 Å². The first-order chi connectivity index (χ1) is 15.2. The summed E-state index contributed by atoms with van der Waals surface area (Å²) in [5.74, 6) is -1.36. The second-order valence-electron chi connectivity index (χ2n) is 6.24. The van der Waals surface area contributed by atoms with Gasteiger partial charge in [-0.25, -0.2) is 4.79 Å². The predicted octanol–water partition coefficient (Wildman–Crippen LogP) is 4.26. The lowest BCUT2D eigenvalue weighted by Crippen LogP contribution is -2.22. The zero-order valence-corrected chi connectivity index (χ0v) is 18.4. The molecule has 0 aromatic heterocycles. The third kappa shape index (κ3) is 7.06. The number of anilines is 1. The van der Waals surface area contributed by atoms with Crippen LogP contribution in [0.3, 0.4) is 0 Å². The quantitative estimate of drug-likeness (QED) is 0.314. The van der Waals surface area contributed by atoms with E-state index < -0.39 is 30.2 Å². The van der Waals surface area contributed by atoms with Crippen molar-refractivity contribution in [3.8, 4) is 11.5 Å². The maximum absolute atomic E-state index is 13.1. The molecule has 0 unspecified atom stereocenters. The monoisotopic (exact) mass is 473 g/mol. The van der Waals surface area contributed by atoms with Crippen LogP contribution in [0.4, 0.5) is 18.9 Å². The SMILES string of the molecule is COCCOc1ccc(C(F)(F)F)cc1NC(=O)COC(=O)c1ccc(SC)cc1OC. The van der Waals surface area contributed by atoms with E-state index >= 15 is 0 Å². The highest BCUT2D eigenvalue weighted by molar-refractivity contribution is 7.98. The molecule has 0 atom stereocenters. The molecule has 7 nitrogen and oxygen atoms in total. The number of amides is 1. The van der Waals surface area contributed by atoms with Crippen molar-refractivity contribution < 1.29 is 41.7 Å². The van der Waals surface area contributed by atoms with E-state index in [0.29, 0.717) is 0 Å². The minimum atomic E-state index is -4.61. The Morgan fingerprint density at radius 2 is 1.78 bits per heavy atom. The largest absolute Gasteiger partial charge is 0.496 e. The highest BCUT2D eigenvalue weighted by Crippen LogP contribution is 2.35. The third-order valence-corrected chi connectivity index (χ3v) is 4.81. The van der Waals surface area contributed by atoms with E-state index in [1.165, 1.54) is 32.0 Å². The molecule has 32 heavy (non-hydrogen) atoms. The molecule has 2 aromatic rings. The Morgan fingerprint density at radius 3 is 2.41 bits per heavy atom. The smallest absolute Gasteiger partial charge is 0.416 e. The maximum atomic E-state index is 13.1. The number of carbonyl (C=O) groups excluding carboxylic acids is 2. The van der Waals surface area contributed by atoms with Crippen LogP contribution in [0.2, 0.25) is 0 Å². The van der Waals surface area contributed by atoms with E-state index in [1.807, 2.05) is 6.26 Å². The van der Waals surface area contributed by atoms with Gasteiger partial charge in [-0.05, 0) is 42.7 Å². The fourth-order valence-electron chi connectivity index (χ4n) is 2.53. The molecule has 2 rings (SSSR count). The van der Waals surface area contributed by atoms with Crippen LogP contribution in [-0.2, 0) is 20.4 Å². The van der Waals surface area contributed by atoms with Gasteiger partial charge in [0.1, 0.15) is 23.7 Å². The van der Waals surface area contributed by atoms with E-state index in [0.717, 1.165) is 23.1 Å². The summed E-state index contributed by atoms with van der Waals surface area (Å²) in [6, 6.07) is 7.51. The van der Waals surface area contributed by atoms with Gasteiger partial charge in [0.2, 0.25) is 0 Å². The van der Waals surface area contributed by atoms with Gasteiger partial charge in [0.25, 0.3) is 5.91 Å². The molecule has 0 saturated heterocycles. The first-order valence-electron chi connectivity index (χ1n) is 9.21. The average molecular weight is 473 g/mol. The van der Waals surface area contributed by atoms with Crippen LogP contribution in [-0.4, -0.2) is 52.2 Å². The second-order valence-corrected chi connectivity index (χ2v) is 7.12. The number of hydrogen-bond donors (Lipinski definition) is 1. The molecule has 0 aliphatic heterocycles. The fourth-order valence-corrected chi connectivity index (χ4v) is 2.96. The number of thioether (sulfide) groups is 1. The van der Waals surface area contributed by atoms with Gasteiger partial charge in [0.15, 0.2) is 6.61 Å². The van der Waals surface area contributed by atoms with Crippen LogP contribution >= 0.6 is 11.8 Å². The van der Waals surface area contributed by atoms with Crippen molar-refractivity contribution in [1.82, 2.24) is 0 Å². The number of methoxy groups -OCH3 is 2. The molecule has 0 heterocycles. The number of esters is 1. The highest BCUT2D eigenvalue weighted by atomic mass is 32.2. The van der Waals surface area contributed by atoms with Crippen molar-refractivity contribution in [2.75, 3.05) is 45.6 Å². The molecule has 1 N–H and O–H groups in total. The van der Waals surface area contributed by atoms with E-state index in [2.05, 4.69) is 5.32 Å². The molecule has 1 amide bonds. The standard InChI is InChI=1S/C21H22F3NO6S/c1-28-8-9-30-17-7-4-13(21(22,23)24)10-16(17)25-19(26)12-31-20(27)15-6-5-14(32-3)11-18(15)29-2/h4-7,10-11H,8-9,12H2,1-3H3,(H,25,26). The van der Waals surface area contributed by atoms with Gasteiger partial charge >= 0.3 is 12.1 Å². The molecule has 0 spiro atoms. The van der Waals surface area contributed by atoms with Gasteiger partial charge in [0.05, 0.1) is 25.0 Å². The van der Waals surface area contributed by atoms with Crippen molar-refractivity contribution >= 4 is 29.3 Å². The molecule has 11 heteroatoms. The van der Waals surface area contributed by atoms with E-state index in [4.69, 9.17) is 18.9 Å². The molecule has 0 saturated carbocycles. The van der Waals surface area contributed by atoms with Crippen molar-refractivity contribution in [3.63, 3.8) is 0 Å². The van der Waals surface area contributed by atoms with Gasteiger partial charge in [-0.2, -0.15) is 13.2 Å². The zero-order valence-electron chi connectivity index (χ0n) is 17.6. The van der Waals surface area contributed by atoms with Gasteiger partial charge in [-0.15, -0.1) is 11.8 Å².